The quantitative estimate of drug-likeness (QED) is 0.530. The molecular weight excluding hydrogens is 322 g/mol. The van der Waals surface area contributed by atoms with E-state index in [1.807, 2.05) is 0 Å². The van der Waals surface area contributed by atoms with Gasteiger partial charge in [0.25, 0.3) is 0 Å². The number of carbonyl (C=O) groups is 1. The van der Waals surface area contributed by atoms with Gasteiger partial charge in [-0.05, 0) is 18.2 Å². The molecule has 1 N–H and O–H groups in total. The fourth-order valence-electron chi connectivity index (χ4n) is 1.45. The van der Waals surface area contributed by atoms with Gasteiger partial charge in [-0.3, -0.25) is 4.79 Å². The SMILES string of the molecule is O=C(CSc1nccc(C(F)(F)F)n1)Nc1ccccc1F. The number of aromatic nitrogens is 2. The first kappa shape index (κ1) is 16.2. The van der Waals surface area contributed by atoms with Crippen molar-refractivity contribution >= 4 is 23.4 Å². The largest absolute Gasteiger partial charge is 0.433 e. The van der Waals surface area contributed by atoms with Gasteiger partial charge in [-0.2, -0.15) is 13.2 Å². The lowest BCUT2D eigenvalue weighted by molar-refractivity contribution is -0.141. The maximum absolute atomic E-state index is 13.3. The fourth-order valence-corrected chi connectivity index (χ4v) is 2.08. The summed E-state index contributed by atoms with van der Waals surface area (Å²) in [5.41, 5.74) is -1.09. The first-order valence-electron chi connectivity index (χ1n) is 5.93. The molecule has 0 spiro atoms. The Morgan fingerprint density at radius 2 is 1.95 bits per heavy atom. The van der Waals surface area contributed by atoms with Crippen LogP contribution in [-0.2, 0) is 11.0 Å². The number of hydrogen-bond donors (Lipinski definition) is 1. The number of rotatable bonds is 4. The van der Waals surface area contributed by atoms with E-state index in [4.69, 9.17) is 0 Å². The second kappa shape index (κ2) is 6.73. The molecule has 0 bridgehead atoms. The van der Waals surface area contributed by atoms with Crippen molar-refractivity contribution < 1.29 is 22.4 Å². The molecule has 9 heteroatoms. The third kappa shape index (κ3) is 4.42. The average molecular weight is 331 g/mol. The summed E-state index contributed by atoms with van der Waals surface area (Å²) in [6.07, 6.45) is -3.61. The first-order valence-corrected chi connectivity index (χ1v) is 6.92. The van der Waals surface area contributed by atoms with Crippen LogP contribution in [0.4, 0.5) is 23.2 Å². The minimum absolute atomic E-state index is 0.00180. The summed E-state index contributed by atoms with van der Waals surface area (Å²) >= 11 is 0.727. The van der Waals surface area contributed by atoms with E-state index in [1.165, 1.54) is 18.2 Å². The summed E-state index contributed by atoms with van der Waals surface area (Å²) in [7, 11) is 0. The van der Waals surface area contributed by atoms with Gasteiger partial charge in [0, 0.05) is 6.20 Å². The number of carbonyl (C=O) groups excluding carboxylic acids is 1. The topological polar surface area (TPSA) is 54.9 Å². The molecule has 1 aromatic heterocycles. The van der Waals surface area contributed by atoms with Gasteiger partial charge in [0.1, 0.15) is 11.5 Å². The van der Waals surface area contributed by atoms with E-state index < -0.39 is 23.6 Å². The van der Waals surface area contributed by atoms with Crippen LogP contribution in [0.1, 0.15) is 5.69 Å². The molecule has 0 atom stereocenters. The van der Waals surface area contributed by atoms with Gasteiger partial charge in [0.2, 0.25) is 5.91 Å². The zero-order chi connectivity index (χ0) is 16.2. The van der Waals surface area contributed by atoms with Crippen molar-refractivity contribution in [2.24, 2.45) is 0 Å². The van der Waals surface area contributed by atoms with Crippen molar-refractivity contribution in [2.75, 3.05) is 11.1 Å². The lowest BCUT2D eigenvalue weighted by Gasteiger charge is -2.07. The van der Waals surface area contributed by atoms with Crippen LogP contribution in [0.15, 0.2) is 41.7 Å². The number of nitrogens with zero attached hydrogens (tertiary/aromatic N) is 2. The molecule has 22 heavy (non-hydrogen) atoms. The van der Waals surface area contributed by atoms with Crippen LogP contribution in [0.3, 0.4) is 0 Å². The van der Waals surface area contributed by atoms with E-state index >= 15 is 0 Å². The Kier molecular flexibility index (Phi) is 4.96. The molecule has 0 aliphatic rings. The molecule has 0 aliphatic heterocycles. The molecule has 2 aromatic rings. The summed E-state index contributed by atoms with van der Waals surface area (Å²) in [5.74, 6) is -1.41. The van der Waals surface area contributed by atoms with Gasteiger partial charge >= 0.3 is 6.18 Å². The summed E-state index contributed by atoms with van der Waals surface area (Å²) in [6.45, 7) is 0. The monoisotopic (exact) mass is 331 g/mol. The van der Waals surface area contributed by atoms with Crippen LogP contribution >= 0.6 is 11.8 Å². The Bertz CT molecular complexity index is 678. The predicted molar refractivity (Wildman–Crippen MR) is 72.8 cm³/mol. The molecule has 0 fully saturated rings. The maximum Gasteiger partial charge on any atom is 0.433 e. The van der Waals surface area contributed by atoms with E-state index in [9.17, 15) is 22.4 Å². The van der Waals surface area contributed by atoms with Crippen LogP contribution in [-0.4, -0.2) is 21.6 Å². The minimum atomic E-state index is -4.58. The van der Waals surface area contributed by atoms with Crippen LogP contribution in [0.5, 0.6) is 0 Å². The fraction of sp³-hybridized carbons (Fsp3) is 0.154. The zero-order valence-electron chi connectivity index (χ0n) is 10.9. The van der Waals surface area contributed by atoms with Gasteiger partial charge in [0.05, 0.1) is 11.4 Å². The van der Waals surface area contributed by atoms with E-state index in [0.717, 1.165) is 24.0 Å². The van der Waals surface area contributed by atoms with Crippen LogP contribution < -0.4 is 5.32 Å². The molecule has 2 rings (SSSR count). The minimum Gasteiger partial charge on any atom is -0.323 e. The Balaban J connectivity index is 1.96. The molecule has 0 aliphatic carbocycles. The van der Waals surface area contributed by atoms with Crippen LogP contribution in [0.2, 0.25) is 0 Å². The van der Waals surface area contributed by atoms with E-state index in [-0.39, 0.29) is 16.6 Å². The van der Waals surface area contributed by atoms with Crippen molar-refractivity contribution in [3.63, 3.8) is 0 Å². The van der Waals surface area contributed by atoms with Crippen LogP contribution in [0.25, 0.3) is 0 Å². The molecular formula is C13H9F4N3OS. The van der Waals surface area contributed by atoms with Crippen molar-refractivity contribution in [1.82, 2.24) is 9.97 Å². The second-order valence-corrected chi connectivity index (χ2v) is 4.98. The highest BCUT2D eigenvalue weighted by atomic mass is 32.2. The number of nitrogens with one attached hydrogen (secondary N) is 1. The van der Waals surface area contributed by atoms with E-state index in [1.54, 1.807) is 6.07 Å². The van der Waals surface area contributed by atoms with Gasteiger partial charge in [-0.1, -0.05) is 23.9 Å². The van der Waals surface area contributed by atoms with E-state index in [0.29, 0.717) is 0 Å². The smallest absolute Gasteiger partial charge is 0.323 e. The Morgan fingerprint density at radius 3 is 2.64 bits per heavy atom. The molecule has 0 unspecified atom stereocenters. The number of benzene rings is 1. The highest BCUT2D eigenvalue weighted by Gasteiger charge is 2.32. The number of hydrogen-bond acceptors (Lipinski definition) is 4. The van der Waals surface area contributed by atoms with Crippen molar-refractivity contribution in [1.29, 1.82) is 0 Å². The number of thioether (sulfide) groups is 1. The zero-order valence-corrected chi connectivity index (χ0v) is 11.7. The Labute approximate surface area is 127 Å². The summed E-state index contributed by atoms with van der Waals surface area (Å²) in [6, 6.07) is 6.30. The van der Waals surface area contributed by atoms with E-state index in [2.05, 4.69) is 15.3 Å². The molecule has 116 valence electrons. The third-order valence-corrected chi connectivity index (χ3v) is 3.27. The molecule has 1 aromatic carbocycles. The Hall–Kier alpha value is -2.16. The lowest BCUT2D eigenvalue weighted by Crippen LogP contribution is -2.15. The average Bonchev–Trinajstić information content (AvgIpc) is 2.47. The number of alkyl halides is 3. The number of amides is 1. The number of anilines is 1. The summed E-state index contributed by atoms with van der Waals surface area (Å²) in [5, 5.41) is 2.13. The standard InChI is InChI=1S/C13H9F4N3OS/c14-8-3-1-2-4-9(8)19-11(21)7-22-12-18-6-5-10(20-12)13(15,16)17/h1-6H,7H2,(H,19,21). The van der Waals surface area contributed by atoms with Gasteiger partial charge in [-0.25, -0.2) is 14.4 Å². The predicted octanol–water partition coefficient (Wildman–Crippen LogP) is 3.37. The second-order valence-electron chi connectivity index (χ2n) is 4.04. The molecule has 0 saturated carbocycles. The summed E-state index contributed by atoms with van der Waals surface area (Å²) in [4.78, 5) is 18.6. The third-order valence-electron chi connectivity index (χ3n) is 2.40. The van der Waals surface area contributed by atoms with Crippen LogP contribution in [0, 0.1) is 5.82 Å². The Morgan fingerprint density at radius 1 is 1.23 bits per heavy atom. The van der Waals surface area contributed by atoms with Gasteiger partial charge in [0.15, 0.2) is 5.16 Å². The molecule has 0 radical (unpaired) electrons. The first-order chi connectivity index (χ1) is 10.4. The molecule has 0 saturated heterocycles. The summed E-state index contributed by atoms with van der Waals surface area (Å²) < 4.78 is 50.8. The van der Waals surface area contributed by atoms with Gasteiger partial charge < -0.3 is 5.32 Å². The van der Waals surface area contributed by atoms with Crippen molar-refractivity contribution in [2.45, 2.75) is 11.3 Å². The molecule has 1 amide bonds. The van der Waals surface area contributed by atoms with Crippen molar-refractivity contribution in [3.8, 4) is 0 Å². The molecule has 4 nitrogen and oxygen atoms in total. The lowest BCUT2D eigenvalue weighted by atomic mass is 10.3. The van der Waals surface area contributed by atoms with Gasteiger partial charge in [-0.15, -0.1) is 0 Å². The number of halogens is 4. The maximum atomic E-state index is 13.3. The number of para-hydroxylation sites is 1. The molecule has 1 heterocycles. The highest BCUT2D eigenvalue weighted by molar-refractivity contribution is 7.99. The van der Waals surface area contributed by atoms with Crippen molar-refractivity contribution in [3.05, 3.63) is 48.0 Å². The normalized spacial score (nSPS) is 11.3. The highest BCUT2D eigenvalue weighted by Crippen LogP contribution is 2.28.